The number of nitrogens with one attached hydrogen (secondary N) is 1. The first kappa shape index (κ1) is 16.6. The van der Waals surface area contributed by atoms with Crippen molar-refractivity contribution in [2.45, 2.75) is 6.54 Å². The Kier molecular flexibility index (Phi) is 4.33. The molecule has 2 aromatic heterocycles. The lowest BCUT2D eigenvalue weighted by molar-refractivity contribution is 0.148. The molecule has 0 aliphatic carbocycles. The van der Waals surface area contributed by atoms with Crippen LogP contribution in [0.4, 0.5) is 0 Å². The number of piperazine rings is 1. The summed E-state index contributed by atoms with van der Waals surface area (Å²) >= 11 is 0. The number of aromatic hydroxyl groups is 1. The molecule has 3 heterocycles. The molecule has 26 heavy (non-hydrogen) atoms. The summed E-state index contributed by atoms with van der Waals surface area (Å²) in [4.78, 5) is 12.3. The summed E-state index contributed by atoms with van der Waals surface area (Å²) in [6, 6.07) is 11.5. The van der Waals surface area contributed by atoms with Crippen LogP contribution in [0.1, 0.15) is 11.1 Å². The molecule has 0 spiro atoms. The summed E-state index contributed by atoms with van der Waals surface area (Å²) in [6.07, 6.45) is 1.88. The first-order valence-electron chi connectivity index (χ1n) is 8.75. The van der Waals surface area contributed by atoms with Crippen LogP contribution in [-0.2, 0) is 6.54 Å². The predicted octanol–water partition coefficient (Wildman–Crippen LogP) is 2.55. The maximum Gasteiger partial charge on any atom is 0.199 e. The smallest absolute Gasteiger partial charge is 0.199 e. The summed E-state index contributed by atoms with van der Waals surface area (Å²) in [5.41, 5.74) is 3.86. The van der Waals surface area contributed by atoms with E-state index in [1.807, 2.05) is 12.3 Å². The molecule has 132 valence electrons. The van der Waals surface area contributed by atoms with Crippen molar-refractivity contribution in [3.63, 3.8) is 0 Å². The average Bonchev–Trinajstić information content (AvgIpc) is 2.99. The van der Waals surface area contributed by atoms with E-state index >= 15 is 0 Å². The molecule has 1 fully saturated rings. The molecule has 0 unspecified atom stereocenters. The molecule has 0 radical (unpaired) electrons. The fourth-order valence-electron chi connectivity index (χ4n) is 3.44. The molecule has 1 aromatic carbocycles. The largest absolute Gasteiger partial charge is 0.494 e. The normalized spacial score (nSPS) is 16.0. The second-order valence-corrected chi connectivity index (χ2v) is 6.85. The van der Waals surface area contributed by atoms with E-state index < -0.39 is 0 Å². The number of hydrogen-bond donors (Lipinski definition) is 2. The van der Waals surface area contributed by atoms with Gasteiger partial charge in [0.25, 0.3) is 0 Å². The van der Waals surface area contributed by atoms with Gasteiger partial charge in [-0.15, -0.1) is 0 Å². The van der Waals surface area contributed by atoms with Crippen LogP contribution in [0.2, 0.25) is 0 Å². The molecule has 0 saturated carbocycles. The monoisotopic (exact) mass is 347 g/mol. The highest BCUT2D eigenvalue weighted by Gasteiger charge is 2.16. The van der Waals surface area contributed by atoms with Crippen molar-refractivity contribution in [2.75, 3.05) is 33.2 Å². The van der Waals surface area contributed by atoms with Crippen molar-refractivity contribution in [3.8, 4) is 23.2 Å². The molecule has 3 aromatic rings. The molecule has 0 amide bonds. The molecule has 2 N–H and O–H groups in total. The van der Waals surface area contributed by atoms with Crippen molar-refractivity contribution >= 4 is 10.9 Å². The summed E-state index contributed by atoms with van der Waals surface area (Å²) in [5.74, 6) is 0.0782. The van der Waals surface area contributed by atoms with E-state index in [0.29, 0.717) is 16.8 Å². The van der Waals surface area contributed by atoms with E-state index in [9.17, 15) is 5.11 Å². The highest BCUT2D eigenvalue weighted by Crippen LogP contribution is 2.36. The second-order valence-electron chi connectivity index (χ2n) is 6.85. The first-order valence-corrected chi connectivity index (χ1v) is 8.75. The number of H-pyrrole nitrogens is 1. The van der Waals surface area contributed by atoms with Crippen LogP contribution in [-0.4, -0.2) is 58.1 Å². The molecule has 0 atom stereocenters. The third kappa shape index (κ3) is 3.15. The Hall–Kier alpha value is -2.88. The number of hydrogen-bond acceptors (Lipinski definition) is 5. The van der Waals surface area contributed by atoms with E-state index in [1.54, 1.807) is 18.2 Å². The Morgan fingerprint density at radius 1 is 1.19 bits per heavy atom. The predicted molar refractivity (Wildman–Crippen MR) is 101 cm³/mol. The van der Waals surface area contributed by atoms with Gasteiger partial charge in [0, 0.05) is 49.8 Å². The number of aromatic nitrogens is 2. The maximum atomic E-state index is 10.3. The van der Waals surface area contributed by atoms with Crippen LogP contribution in [0, 0.1) is 11.3 Å². The number of aromatic amines is 1. The number of fused-ring (bicyclic) bond motifs is 1. The Labute approximate surface area is 152 Å². The SMILES string of the molecule is CN1CCN(Cc2ccc(-c3c(O)[nH]c4ccc(C#N)cc34)nc2)CC1. The van der Waals surface area contributed by atoms with Gasteiger partial charge in [0.1, 0.15) is 0 Å². The van der Waals surface area contributed by atoms with Crippen molar-refractivity contribution in [1.29, 1.82) is 5.26 Å². The highest BCUT2D eigenvalue weighted by atomic mass is 16.3. The summed E-state index contributed by atoms with van der Waals surface area (Å²) in [5, 5.41) is 20.2. The van der Waals surface area contributed by atoms with Gasteiger partial charge in [0.05, 0.1) is 22.9 Å². The van der Waals surface area contributed by atoms with Crippen LogP contribution < -0.4 is 0 Å². The fraction of sp³-hybridized carbons (Fsp3) is 0.300. The lowest BCUT2D eigenvalue weighted by Gasteiger charge is -2.32. The number of likely N-dealkylation sites (N-methyl/N-ethyl adjacent to an activating group) is 1. The molecular weight excluding hydrogens is 326 g/mol. The van der Waals surface area contributed by atoms with E-state index in [2.05, 4.69) is 39.0 Å². The van der Waals surface area contributed by atoms with Crippen molar-refractivity contribution < 1.29 is 5.11 Å². The van der Waals surface area contributed by atoms with Gasteiger partial charge >= 0.3 is 0 Å². The van der Waals surface area contributed by atoms with Crippen LogP contribution >= 0.6 is 0 Å². The molecule has 0 bridgehead atoms. The quantitative estimate of drug-likeness (QED) is 0.761. The fourth-order valence-corrected chi connectivity index (χ4v) is 3.44. The Bertz CT molecular complexity index is 962. The number of nitriles is 1. The van der Waals surface area contributed by atoms with Gasteiger partial charge in [0.2, 0.25) is 0 Å². The lowest BCUT2D eigenvalue weighted by Crippen LogP contribution is -2.43. The number of rotatable bonds is 3. The molecule has 1 saturated heterocycles. The van der Waals surface area contributed by atoms with Gasteiger partial charge < -0.3 is 15.0 Å². The molecule has 6 heteroatoms. The van der Waals surface area contributed by atoms with Gasteiger partial charge in [-0.25, -0.2) is 0 Å². The molecule has 1 aliphatic rings. The van der Waals surface area contributed by atoms with E-state index in [-0.39, 0.29) is 5.88 Å². The standard InChI is InChI=1S/C20H21N5O/c1-24-6-8-25(9-7-24)13-15-3-5-18(22-12-15)19-16-10-14(11-21)2-4-17(16)23-20(19)26/h2-5,10,12,23,26H,6-9,13H2,1H3. The number of benzene rings is 1. The number of nitrogens with zero attached hydrogens (tertiary/aromatic N) is 4. The third-order valence-corrected chi connectivity index (χ3v) is 4.99. The zero-order valence-corrected chi connectivity index (χ0v) is 14.7. The Balaban J connectivity index is 1.60. The molecule has 1 aliphatic heterocycles. The summed E-state index contributed by atoms with van der Waals surface area (Å²) < 4.78 is 0. The molecule has 6 nitrogen and oxygen atoms in total. The van der Waals surface area contributed by atoms with Crippen molar-refractivity contribution in [1.82, 2.24) is 19.8 Å². The topological polar surface area (TPSA) is 79.2 Å². The van der Waals surface area contributed by atoms with Gasteiger partial charge in [-0.1, -0.05) is 6.07 Å². The van der Waals surface area contributed by atoms with Crippen LogP contribution in [0.15, 0.2) is 36.5 Å². The van der Waals surface area contributed by atoms with Crippen molar-refractivity contribution in [3.05, 3.63) is 47.7 Å². The highest BCUT2D eigenvalue weighted by molar-refractivity contribution is 5.98. The zero-order valence-electron chi connectivity index (χ0n) is 14.7. The zero-order chi connectivity index (χ0) is 18.1. The van der Waals surface area contributed by atoms with Gasteiger partial charge in [-0.3, -0.25) is 9.88 Å². The van der Waals surface area contributed by atoms with Gasteiger partial charge in [-0.2, -0.15) is 5.26 Å². The van der Waals surface area contributed by atoms with Crippen LogP contribution in [0.5, 0.6) is 5.88 Å². The van der Waals surface area contributed by atoms with E-state index in [1.165, 1.54) is 0 Å². The minimum atomic E-state index is 0.0782. The lowest BCUT2D eigenvalue weighted by atomic mass is 10.1. The van der Waals surface area contributed by atoms with Crippen LogP contribution in [0.25, 0.3) is 22.2 Å². The van der Waals surface area contributed by atoms with E-state index in [4.69, 9.17) is 5.26 Å². The minimum Gasteiger partial charge on any atom is -0.494 e. The van der Waals surface area contributed by atoms with Crippen LogP contribution in [0.3, 0.4) is 0 Å². The molecule has 4 rings (SSSR count). The first-order chi connectivity index (χ1) is 12.6. The molecular formula is C20H21N5O. The Morgan fingerprint density at radius 3 is 2.69 bits per heavy atom. The maximum absolute atomic E-state index is 10.3. The van der Waals surface area contributed by atoms with Crippen molar-refractivity contribution in [2.24, 2.45) is 0 Å². The summed E-state index contributed by atoms with van der Waals surface area (Å²) in [7, 11) is 2.15. The van der Waals surface area contributed by atoms with Gasteiger partial charge in [0.15, 0.2) is 5.88 Å². The number of pyridine rings is 1. The average molecular weight is 347 g/mol. The minimum absolute atomic E-state index is 0.0782. The Morgan fingerprint density at radius 2 is 2.00 bits per heavy atom. The summed E-state index contributed by atoms with van der Waals surface area (Å²) in [6.45, 7) is 5.21. The second kappa shape index (κ2) is 6.79. The van der Waals surface area contributed by atoms with Gasteiger partial charge in [-0.05, 0) is 36.9 Å². The van der Waals surface area contributed by atoms with E-state index in [0.717, 1.165) is 49.2 Å². The third-order valence-electron chi connectivity index (χ3n) is 4.99.